The number of hydrogen-bond acceptors (Lipinski definition) is 5. The van der Waals surface area contributed by atoms with Gasteiger partial charge in [-0.25, -0.2) is 0 Å². The molecule has 0 radical (unpaired) electrons. The molecular weight excluding hydrogens is 392 g/mol. The number of carbonyl (C=O) groups is 1. The van der Waals surface area contributed by atoms with Crippen molar-refractivity contribution in [3.8, 4) is 23.0 Å². The van der Waals surface area contributed by atoms with Gasteiger partial charge in [-0.3, -0.25) is 4.79 Å². The fourth-order valence-electron chi connectivity index (χ4n) is 3.75. The molecule has 0 bridgehead atoms. The van der Waals surface area contributed by atoms with E-state index in [1.54, 1.807) is 24.3 Å². The standard InChI is InChI=1S/C26H30O5/c1-7-26(4,5)19-12-18(23(30-6)14-22(19)29)24-13-21(28)17-10-11-20(27)16(25(17)31-24)9-8-15(2)3/h7-8,10-12,14,24,27,29H,1,9,13H2,2-6H3/t24-/m0/s1. The van der Waals surface area contributed by atoms with Gasteiger partial charge in [0.2, 0.25) is 0 Å². The van der Waals surface area contributed by atoms with Crippen molar-refractivity contribution < 1.29 is 24.5 Å². The summed E-state index contributed by atoms with van der Waals surface area (Å²) in [5.74, 6) is 0.960. The number of carbonyl (C=O) groups excluding carboxylic acids is 1. The van der Waals surface area contributed by atoms with Crippen molar-refractivity contribution in [2.75, 3.05) is 7.11 Å². The molecule has 1 heterocycles. The van der Waals surface area contributed by atoms with Gasteiger partial charge in [0.15, 0.2) is 5.78 Å². The van der Waals surface area contributed by atoms with Gasteiger partial charge in [-0.2, -0.15) is 0 Å². The number of ether oxygens (including phenoxy) is 2. The third-order valence-electron chi connectivity index (χ3n) is 5.78. The number of phenolic OH excluding ortho intramolecular Hbond substituents is 2. The van der Waals surface area contributed by atoms with Crippen molar-refractivity contribution in [2.24, 2.45) is 0 Å². The van der Waals surface area contributed by atoms with Gasteiger partial charge in [-0.05, 0) is 38.5 Å². The Balaban J connectivity index is 2.13. The lowest BCUT2D eigenvalue weighted by Gasteiger charge is -2.30. The lowest BCUT2D eigenvalue weighted by molar-refractivity contribution is 0.0844. The molecule has 0 spiro atoms. The van der Waals surface area contributed by atoms with Crippen LogP contribution < -0.4 is 9.47 Å². The van der Waals surface area contributed by atoms with Gasteiger partial charge in [0.25, 0.3) is 0 Å². The zero-order valence-corrected chi connectivity index (χ0v) is 18.8. The van der Waals surface area contributed by atoms with Gasteiger partial charge in [-0.1, -0.05) is 31.6 Å². The van der Waals surface area contributed by atoms with Crippen LogP contribution in [0.3, 0.4) is 0 Å². The summed E-state index contributed by atoms with van der Waals surface area (Å²) in [5.41, 5.74) is 3.00. The molecule has 0 aliphatic carbocycles. The van der Waals surface area contributed by atoms with Crippen molar-refractivity contribution >= 4 is 5.78 Å². The first-order valence-corrected chi connectivity index (χ1v) is 10.3. The second-order valence-electron chi connectivity index (χ2n) is 8.70. The highest BCUT2D eigenvalue weighted by atomic mass is 16.5. The Kier molecular flexibility index (Phi) is 6.16. The minimum atomic E-state index is -0.609. The van der Waals surface area contributed by atoms with Gasteiger partial charge in [0.1, 0.15) is 29.1 Å². The van der Waals surface area contributed by atoms with E-state index in [4.69, 9.17) is 9.47 Å². The Hall–Kier alpha value is -3.21. The Morgan fingerprint density at radius 2 is 1.97 bits per heavy atom. The maximum Gasteiger partial charge on any atom is 0.170 e. The smallest absolute Gasteiger partial charge is 0.170 e. The first-order chi connectivity index (χ1) is 14.6. The summed E-state index contributed by atoms with van der Waals surface area (Å²) in [5, 5.41) is 21.0. The van der Waals surface area contributed by atoms with Crippen LogP contribution in [-0.4, -0.2) is 23.1 Å². The summed E-state index contributed by atoms with van der Waals surface area (Å²) >= 11 is 0. The number of phenols is 2. The molecule has 1 aliphatic heterocycles. The van der Waals surface area contributed by atoms with Gasteiger partial charge < -0.3 is 19.7 Å². The van der Waals surface area contributed by atoms with E-state index in [0.29, 0.717) is 40.2 Å². The molecule has 2 aromatic rings. The molecule has 5 heteroatoms. The molecule has 0 aromatic heterocycles. The fraction of sp³-hybridized carbons (Fsp3) is 0.346. The predicted molar refractivity (Wildman–Crippen MR) is 121 cm³/mol. The summed E-state index contributed by atoms with van der Waals surface area (Å²) in [6.45, 7) is 11.7. The summed E-state index contributed by atoms with van der Waals surface area (Å²) in [6, 6.07) is 6.51. The van der Waals surface area contributed by atoms with E-state index in [-0.39, 0.29) is 23.7 Å². The topological polar surface area (TPSA) is 76.0 Å². The predicted octanol–water partition coefficient (Wildman–Crippen LogP) is 5.79. The minimum absolute atomic E-state index is 0.0654. The highest BCUT2D eigenvalue weighted by Crippen LogP contribution is 2.45. The van der Waals surface area contributed by atoms with Crippen molar-refractivity contribution in [1.82, 2.24) is 0 Å². The molecular formula is C26H30O5. The largest absolute Gasteiger partial charge is 0.508 e. The minimum Gasteiger partial charge on any atom is -0.508 e. The third kappa shape index (κ3) is 4.31. The Labute approximate surface area is 183 Å². The first-order valence-electron chi connectivity index (χ1n) is 10.3. The maximum atomic E-state index is 13.0. The van der Waals surface area contributed by atoms with Crippen LogP contribution in [0.4, 0.5) is 0 Å². The maximum absolute atomic E-state index is 13.0. The van der Waals surface area contributed by atoms with E-state index in [2.05, 4.69) is 6.58 Å². The van der Waals surface area contributed by atoms with Crippen LogP contribution >= 0.6 is 0 Å². The number of methoxy groups -OCH3 is 1. The van der Waals surface area contributed by atoms with Crippen molar-refractivity contribution in [3.63, 3.8) is 0 Å². The summed E-state index contributed by atoms with van der Waals surface area (Å²) in [7, 11) is 1.52. The molecule has 0 fully saturated rings. The SMILES string of the molecule is C=CC(C)(C)c1cc([C@@H]2CC(=O)c3ccc(O)c(CC=C(C)C)c3O2)c(OC)cc1O. The van der Waals surface area contributed by atoms with E-state index in [9.17, 15) is 15.0 Å². The molecule has 2 aromatic carbocycles. The molecule has 3 rings (SSSR count). The van der Waals surface area contributed by atoms with Gasteiger partial charge in [0.05, 0.1) is 19.1 Å². The van der Waals surface area contributed by atoms with E-state index in [0.717, 1.165) is 5.57 Å². The van der Waals surface area contributed by atoms with Crippen LogP contribution in [-0.2, 0) is 11.8 Å². The number of rotatable bonds is 6. The molecule has 31 heavy (non-hydrogen) atoms. The molecule has 1 atom stereocenters. The highest BCUT2D eigenvalue weighted by Gasteiger charge is 2.34. The summed E-state index contributed by atoms with van der Waals surface area (Å²) in [4.78, 5) is 13.0. The number of allylic oxidation sites excluding steroid dienone is 3. The second kappa shape index (κ2) is 8.50. The Morgan fingerprint density at radius 3 is 2.58 bits per heavy atom. The lowest BCUT2D eigenvalue weighted by atomic mass is 9.82. The van der Waals surface area contributed by atoms with Crippen LogP contribution in [0, 0.1) is 0 Å². The number of fused-ring (bicyclic) bond motifs is 1. The van der Waals surface area contributed by atoms with Crippen molar-refractivity contribution in [2.45, 2.75) is 52.1 Å². The van der Waals surface area contributed by atoms with E-state index < -0.39 is 11.5 Å². The molecule has 0 unspecified atom stereocenters. The molecule has 5 nitrogen and oxygen atoms in total. The number of ketones is 1. The number of aromatic hydroxyl groups is 2. The summed E-state index contributed by atoms with van der Waals surface area (Å²) < 4.78 is 11.8. The van der Waals surface area contributed by atoms with Crippen LogP contribution in [0.15, 0.2) is 48.6 Å². The van der Waals surface area contributed by atoms with Crippen LogP contribution in [0.5, 0.6) is 23.0 Å². The zero-order valence-electron chi connectivity index (χ0n) is 18.8. The molecule has 0 saturated carbocycles. The quantitative estimate of drug-likeness (QED) is 0.577. The average molecular weight is 423 g/mol. The van der Waals surface area contributed by atoms with Crippen LogP contribution in [0.25, 0.3) is 0 Å². The van der Waals surface area contributed by atoms with E-state index in [1.807, 2.05) is 39.8 Å². The molecule has 0 amide bonds. The van der Waals surface area contributed by atoms with Gasteiger partial charge >= 0.3 is 0 Å². The monoisotopic (exact) mass is 422 g/mol. The third-order valence-corrected chi connectivity index (χ3v) is 5.78. The second-order valence-corrected chi connectivity index (χ2v) is 8.70. The van der Waals surface area contributed by atoms with Crippen LogP contribution in [0.2, 0.25) is 0 Å². The lowest BCUT2D eigenvalue weighted by Crippen LogP contribution is -2.23. The Bertz CT molecular complexity index is 1060. The Morgan fingerprint density at radius 1 is 1.26 bits per heavy atom. The summed E-state index contributed by atoms with van der Waals surface area (Å²) in [6.07, 6.45) is 3.73. The molecule has 164 valence electrons. The van der Waals surface area contributed by atoms with E-state index >= 15 is 0 Å². The highest BCUT2D eigenvalue weighted by molar-refractivity contribution is 6.00. The zero-order chi connectivity index (χ0) is 22.9. The molecule has 1 aliphatic rings. The molecule has 2 N–H and O–H groups in total. The number of hydrogen-bond donors (Lipinski definition) is 2. The van der Waals surface area contributed by atoms with Crippen LogP contribution in [0.1, 0.15) is 67.3 Å². The number of benzene rings is 2. The fourth-order valence-corrected chi connectivity index (χ4v) is 3.75. The number of Topliss-reactive ketones (excluding diaryl/α,β-unsaturated/α-hetero) is 1. The van der Waals surface area contributed by atoms with Crippen molar-refractivity contribution in [1.29, 1.82) is 0 Å². The normalized spacial score (nSPS) is 15.6. The van der Waals surface area contributed by atoms with Crippen molar-refractivity contribution in [3.05, 3.63) is 70.8 Å². The van der Waals surface area contributed by atoms with Gasteiger partial charge in [-0.15, -0.1) is 6.58 Å². The molecule has 0 saturated heterocycles. The van der Waals surface area contributed by atoms with E-state index in [1.165, 1.54) is 7.11 Å². The average Bonchev–Trinajstić information content (AvgIpc) is 2.72. The van der Waals surface area contributed by atoms with Gasteiger partial charge in [0, 0.05) is 28.2 Å². The first kappa shape index (κ1) is 22.5.